The second-order valence-electron chi connectivity index (χ2n) is 7.55. The Bertz CT molecular complexity index is 984. The number of nitrogens with zero attached hydrogens (tertiary/aromatic N) is 3. The van der Waals surface area contributed by atoms with Crippen LogP contribution in [0.4, 0.5) is 5.69 Å². The number of anilines is 1. The lowest BCUT2D eigenvalue weighted by atomic mass is 10.1. The predicted octanol–water partition coefficient (Wildman–Crippen LogP) is 2.89. The third-order valence-corrected chi connectivity index (χ3v) is 6.73. The SMILES string of the molecule is CN1CCN(CCCN2C(=O)c3cccc(NC(=O)c4ccc(Cl)s4)c3C2=O)CC1. The lowest BCUT2D eigenvalue weighted by molar-refractivity contribution is 0.0643. The van der Waals surface area contributed by atoms with Crippen molar-refractivity contribution in [3.05, 3.63) is 50.7 Å². The van der Waals surface area contributed by atoms with Crippen molar-refractivity contribution in [2.45, 2.75) is 6.42 Å². The third kappa shape index (κ3) is 4.27. The van der Waals surface area contributed by atoms with Crippen LogP contribution < -0.4 is 5.32 Å². The number of hydrogen-bond acceptors (Lipinski definition) is 6. The van der Waals surface area contributed by atoms with E-state index in [4.69, 9.17) is 11.6 Å². The fraction of sp³-hybridized carbons (Fsp3) is 0.381. The first-order valence-electron chi connectivity index (χ1n) is 9.91. The van der Waals surface area contributed by atoms with Crippen LogP contribution in [0.5, 0.6) is 0 Å². The van der Waals surface area contributed by atoms with Crippen molar-refractivity contribution in [3.63, 3.8) is 0 Å². The van der Waals surface area contributed by atoms with Gasteiger partial charge in [0.2, 0.25) is 0 Å². The molecule has 0 spiro atoms. The Morgan fingerprint density at radius 3 is 2.53 bits per heavy atom. The van der Waals surface area contributed by atoms with Crippen LogP contribution in [-0.2, 0) is 0 Å². The summed E-state index contributed by atoms with van der Waals surface area (Å²) in [5, 5.41) is 2.76. The zero-order valence-corrected chi connectivity index (χ0v) is 18.3. The Hall–Kier alpha value is -2.26. The normalized spacial score (nSPS) is 17.5. The van der Waals surface area contributed by atoms with Gasteiger partial charge in [0.1, 0.15) is 0 Å². The Morgan fingerprint density at radius 2 is 1.83 bits per heavy atom. The smallest absolute Gasteiger partial charge is 0.265 e. The van der Waals surface area contributed by atoms with Crippen molar-refractivity contribution in [3.8, 4) is 0 Å². The first-order valence-corrected chi connectivity index (χ1v) is 11.1. The van der Waals surface area contributed by atoms with E-state index in [1.54, 1.807) is 30.3 Å². The highest BCUT2D eigenvalue weighted by molar-refractivity contribution is 7.18. The van der Waals surface area contributed by atoms with E-state index in [0.717, 1.165) is 50.5 Å². The maximum Gasteiger partial charge on any atom is 0.265 e. The van der Waals surface area contributed by atoms with Gasteiger partial charge in [-0.3, -0.25) is 19.3 Å². The van der Waals surface area contributed by atoms with E-state index in [1.165, 1.54) is 4.90 Å². The molecule has 1 fully saturated rings. The number of fused-ring (bicyclic) bond motifs is 1. The standard InChI is InChI=1S/C21H23ClN4O3S/c1-24-10-12-25(13-11-24)8-3-9-26-20(28)14-4-2-5-15(18(14)21(26)29)23-19(27)16-6-7-17(22)30-16/h2,4-7H,3,8-13H2,1H3,(H,23,27). The Morgan fingerprint density at radius 1 is 1.07 bits per heavy atom. The summed E-state index contributed by atoms with van der Waals surface area (Å²) in [5.41, 5.74) is 0.946. The number of halogens is 1. The molecule has 0 aliphatic carbocycles. The summed E-state index contributed by atoms with van der Waals surface area (Å²) < 4.78 is 0.510. The highest BCUT2D eigenvalue weighted by Crippen LogP contribution is 2.30. The largest absolute Gasteiger partial charge is 0.321 e. The van der Waals surface area contributed by atoms with Gasteiger partial charge < -0.3 is 15.1 Å². The number of hydrogen-bond donors (Lipinski definition) is 1. The van der Waals surface area contributed by atoms with Crippen LogP contribution in [0, 0.1) is 0 Å². The Labute approximate surface area is 184 Å². The van der Waals surface area contributed by atoms with Crippen LogP contribution in [0.3, 0.4) is 0 Å². The van der Waals surface area contributed by atoms with E-state index in [0.29, 0.717) is 27.0 Å². The maximum absolute atomic E-state index is 13.0. The van der Waals surface area contributed by atoms with Crippen molar-refractivity contribution in [2.24, 2.45) is 0 Å². The fourth-order valence-electron chi connectivity index (χ4n) is 3.78. The molecule has 0 radical (unpaired) electrons. The van der Waals surface area contributed by atoms with E-state index in [1.807, 2.05) is 0 Å². The molecule has 0 atom stereocenters. The Balaban J connectivity index is 1.42. The van der Waals surface area contributed by atoms with Crippen LogP contribution in [0.15, 0.2) is 30.3 Å². The molecular formula is C21H23ClN4O3S. The lowest BCUT2D eigenvalue weighted by Gasteiger charge is -2.32. The van der Waals surface area contributed by atoms with Crippen molar-refractivity contribution in [2.75, 3.05) is 51.6 Å². The topological polar surface area (TPSA) is 73.0 Å². The van der Waals surface area contributed by atoms with E-state index < -0.39 is 0 Å². The van der Waals surface area contributed by atoms with Gasteiger partial charge in [-0.05, 0) is 44.3 Å². The van der Waals surface area contributed by atoms with Gasteiger partial charge in [-0.2, -0.15) is 0 Å². The summed E-state index contributed by atoms with van der Waals surface area (Å²) in [6.07, 6.45) is 0.727. The molecule has 0 unspecified atom stereocenters. The number of carbonyl (C=O) groups is 3. The van der Waals surface area contributed by atoms with E-state index in [2.05, 4.69) is 22.2 Å². The minimum absolute atomic E-state index is 0.262. The number of rotatable bonds is 6. The third-order valence-electron chi connectivity index (χ3n) is 5.50. The highest BCUT2D eigenvalue weighted by atomic mass is 35.5. The quantitative estimate of drug-likeness (QED) is 0.691. The van der Waals surface area contributed by atoms with Crippen LogP contribution in [-0.4, -0.2) is 78.7 Å². The molecule has 9 heteroatoms. The highest BCUT2D eigenvalue weighted by Gasteiger charge is 2.37. The van der Waals surface area contributed by atoms with Gasteiger partial charge in [0.25, 0.3) is 17.7 Å². The molecule has 2 aromatic rings. The molecule has 7 nitrogen and oxygen atoms in total. The van der Waals surface area contributed by atoms with Crippen molar-refractivity contribution in [1.82, 2.24) is 14.7 Å². The van der Waals surface area contributed by atoms with Gasteiger partial charge in [-0.15, -0.1) is 11.3 Å². The molecule has 30 heavy (non-hydrogen) atoms. The molecule has 158 valence electrons. The molecule has 3 amide bonds. The molecule has 0 saturated carbocycles. The first-order chi connectivity index (χ1) is 14.4. The monoisotopic (exact) mass is 446 g/mol. The molecule has 1 aromatic carbocycles. The summed E-state index contributed by atoms with van der Waals surface area (Å²) in [4.78, 5) is 44.7. The molecule has 3 heterocycles. The molecule has 0 bridgehead atoms. The van der Waals surface area contributed by atoms with Crippen LogP contribution in [0.2, 0.25) is 4.34 Å². The lowest BCUT2D eigenvalue weighted by Crippen LogP contribution is -2.45. The van der Waals surface area contributed by atoms with E-state index >= 15 is 0 Å². The number of piperazine rings is 1. The summed E-state index contributed by atoms with van der Waals surface area (Å²) >= 11 is 7.06. The second-order valence-corrected chi connectivity index (χ2v) is 9.26. The fourth-order valence-corrected chi connectivity index (χ4v) is 4.72. The number of thiophene rings is 1. The minimum atomic E-state index is -0.353. The average Bonchev–Trinajstić information content (AvgIpc) is 3.27. The van der Waals surface area contributed by atoms with Crippen molar-refractivity contribution < 1.29 is 14.4 Å². The zero-order chi connectivity index (χ0) is 21.3. The van der Waals surface area contributed by atoms with Gasteiger partial charge in [0.05, 0.1) is 26.0 Å². The molecule has 1 aromatic heterocycles. The second kappa shape index (κ2) is 8.85. The minimum Gasteiger partial charge on any atom is -0.321 e. The summed E-state index contributed by atoms with van der Waals surface area (Å²) in [5.74, 6) is -1.01. The number of benzene rings is 1. The first kappa shape index (κ1) is 21.0. The number of likely N-dealkylation sites (N-methyl/N-ethyl adjacent to an activating group) is 1. The summed E-state index contributed by atoms with van der Waals surface area (Å²) in [7, 11) is 2.11. The van der Waals surface area contributed by atoms with Crippen LogP contribution in [0.1, 0.15) is 36.8 Å². The maximum atomic E-state index is 13.0. The van der Waals surface area contributed by atoms with Gasteiger partial charge >= 0.3 is 0 Å². The zero-order valence-electron chi connectivity index (χ0n) is 16.7. The van der Waals surface area contributed by atoms with Gasteiger partial charge in [0, 0.05) is 32.7 Å². The van der Waals surface area contributed by atoms with Gasteiger partial charge in [-0.1, -0.05) is 17.7 Å². The van der Waals surface area contributed by atoms with Crippen molar-refractivity contribution >= 4 is 46.3 Å². The predicted molar refractivity (Wildman–Crippen MR) is 118 cm³/mol. The number of nitrogens with one attached hydrogen (secondary N) is 1. The van der Waals surface area contributed by atoms with E-state index in [9.17, 15) is 14.4 Å². The summed E-state index contributed by atoms with van der Waals surface area (Å²) in [6, 6.07) is 8.23. The molecule has 1 saturated heterocycles. The van der Waals surface area contributed by atoms with Crippen molar-refractivity contribution in [1.29, 1.82) is 0 Å². The number of amides is 3. The molecule has 2 aliphatic heterocycles. The van der Waals surface area contributed by atoms with E-state index in [-0.39, 0.29) is 23.3 Å². The summed E-state index contributed by atoms with van der Waals surface area (Å²) in [6.45, 7) is 5.29. The van der Waals surface area contributed by atoms with Gasteiger partial charge in [0.15, 0.2) is 0 Å². The molecule has 1 N–H and O–H groups in total. The molecule has 2 aliphatic rings. The van der Waals surface area contributed by atoms with Crippen LogP contribution >= 0.6 is 22.9 Å². The van der Waals surface area contributed by atoms with Crippen LogP contribution in [0.25, 0.3) is 0 Å². The average molecular weight is 447 g/mol. The number of carbonyl (C=O) groups excluding carboxylic acids is 3. The number of imide groups is 1. The Kier molecular flexibility index (Phi) is 6.19. The molecule has 4 rings (SSSR count). The van der Waals surface area contributed by atoms with Gasteiger partial charge in [-0.25, -0.2) is 0 Å². The molecular weight excluding hydrogens is 424 g/mol.